The lowest BCUT2D eigenvalue weighted by Gasteiger charge is -2.34. The van der Waals surface area contributed by atoms with Gasteiger partial charge in [0.2, 0.25) is 5.91 Å². The van der Waals surface area contributed by atoms with Crippen LogP contribution in [-0.2, 0) is 4.79 Å². The topological polar surface area (TPSA) is 40.5 Å². The monoisotopic (exact) mass is 341 g/mol. The predicted octanol–water partition coefficient (Wildman–Crippen LogP) is 3.86. The molecule has 0 bridgehead atoms. The maximum absolute atomic E-state index is 12.8. The van der Waals surface area contributed by atoms with Crippen LogP contribution in [0.3, 0.4) is 0 Å². The molecular formula is C17H21Cl2NO2. The molecule has 3 unspecified atom stereocenters. The lowest BCUT2D eigenvalue weighted by molar-refractivity contribution is -0.138. The van der Waals surface area contributed by atoms with Crippen molar-refractivity contribution in [2.75, 3.05) is 6.54 Å². The second-order valence-corrected chi connectivity index (χ2v) is 7.72. The van der Waals surface area contributed by atoms with E-state index in [1.54, 1.807) is 19.9 Å². The number of rotatable bonds is 3. The van der Waals surface area contributed by atoms with Crippen LogP contribution in [0.15, 0.2) is 18.2 Å². The number of hydrogen-bond acceptors (Lipinski definition) is 2. The maximum Gasteiger partial charge on any atom is 0.226 e. The average molecular weight is 342 g/mol. The van der Waals surface area contributed by atoms with Gasteiger partial charge in [-0.2, -0.15) is 0 Å². The molecule has 3 rings (SSSR count). The minimum Gasteiger partial charge on any atom is -0.388 e. The van der Waals surface area contributed by atoms with Gasteiger partial charge in [0, 0.05) is 12.5 Å². The van der Waals surface area contributed by atoms with Crippen LogP contribution < -0.4 is 0 Å². The zero-order valence-electron chi connectivity index (χ0n) is 12.9. The summed E-state index contributed by atoms with van der Waals surface area (Å²) in [4.78, 5) is 14.6. The van der Waals surface area contributed by atoms with Gasteiger partial charge in [0.05, 0.1) is 21.7 Å². The molecule has 1 amide bonds. The Labute approximate surface area is 141 Å². The van der Waals surface area contributed by atoms with E-state index in [1.165, 1.54) is 0 Å². The van der Waals surface area contributed by atoms with E-state index >= 15 is 0 Å². The number of likely N-dealkylation sites (tertiary alicyclic amines) is 1. The van der Waals surface area contributed by atoms with Gasteiger partial charge in [0.25, 0.3) is 0 Å². The smallest absolute Gasteiger partial charge is 0.226 e. The molecule has 2 aliphatic rings. The zero-order chi connectivity index (χ0) is 16.1. The Bertz CT molecular complexity index is 597. The van der Waals surface area contributed by atoms with E-state index in [0.29, 0.717) is 10.0 Å². The molecule has 1 aromatic rings. The molecule has 120 valence electrons. The molecule has 2 fully saturated rings. The third kappa shape index (κ3) is 2.86. The maximum atomic E-state index is 12.8. The first-order valence-electron chi connectivity index (χ1n) is 7.77. The Balaban J connectivity index is 1.74. The predicted molar refractivity (Wildman–Crippen MR) is 88.3 cm³/mol. The molecular weight excluding hydrogens is 321 g/mol. The van der Waals surface area contributed by atoms with Crippen molar-refractivity contribution in [1.82, 2.24) is 4.90 Å². The van der Waals surface area contributed by atoms with Crippen molar-refractivity contribution in [3.05, 3.63) is 33.8 Å². The summed E-state index contributed by atoms with van der Waals surface area (Å²) in [7, 11) is 0. The van der Waals surface area contributed by atoms with Gasteiger partial charge in [0.15, 0.2) is 0 Å². The van der Waals surface area contributed by atoms with E-state index in [2.05, 4.69) is 0 Å². The van der Waals surface area contributed by atoms with Crippen LogP contribution in [0.2, 0.25) is 10.0 Å². The molecule has 1 aliphatic heterocycles. The van der Waals surface area contributed by atoms with Crippen molar-refractivity contribution < 1.29 is 9.90 Å². The minimum atomic E-state index is -0.857. The number of carbonyl (C=O) groups excluding carboxylic acids is 1. The van der Waals surface area contributed by atoms with Gasteiger partial charge >= 0.3 is 0 Å². The molecule has 3 atom stereocenters. The normalized spacial score (nSPS) is 28.0. The summed E-state index contributed by atoms with van der Waals surface area (Å²) >= 11 is 12.3. The highest BCUT2D eigenvalue weighted by Gasteiger charge is 2.50. The molecule has 1 N–H and O–H groups in total. The van der Waals surface area contributed by atoms with E-state index in [4.69, 9.17) is 23.2 Å². The minimum absolute atomic E-state index is 0.0288. The first kappa shape index (κ1) is 16.1. The first-order chi connectivity index (χ1) is 10.3. The van der Waals surface area contributed by atoms with Gasteiger partial charge in [-0.25, -0.2) is 0 Å². The fourth-order valence-corrected chi connectivity index (χ4v) is 4.04. The van der Waals surface area contributed by atoms with E-state index in [0.717, 1.165) is 31.4 Å². The van der Waals surface area contributed by atoms with E-state index in [9.17, 15) is 9.90 Å². The zero-order valence-corrected chi connectivity index (χ0v) is 14.4. The summed E-state index contributed by atoms with van der Waals surface area (Å²) in [5.41, 5.74) is 0.107. The molecule has 0 spiro atoms. The number of nitrogens with zero attached hydrogens (tertiary/aromatic N) is 1. The van der Waals surface area contributed by atoms with E-state index < -0.39 is 5.60 Å². The Morgan fingerprint density at radius 1 is 1.36 bits per heavy atom. The van der Waals surface area contributed by atoms with Gasteiger partial charge in [-0.05, 0) is 50.7 Å². The molecule has 1 aliphatic carbocycles. The first-order valence-corrected chi connectivity index (χ1v) is 8.53. The molecule has 1 saturated heterocycles. The average Bonchev–Trinajstić information content (AvgIpc) is 3.05. The van der Waals surface area contributed by atoms with Gasteiger partial charge in [-0.3, -0.25) is 4.79 Å². The number of aliphatic hydroxyl groups is 1. The summed E-state index contributed by atoms with van der Waals surface area (Å²) in [5.74, 6) is 0.270. The molecule has 1 saturated carbocycles. The molecule has 1 heterocycles. The van der Waals surface area contributed by atoms with Crippen LogP contribution in [-0.4, -0.2) is 34.1 Å². The van der Waals surface area contributed by atoms with Crippen molar-refractivity contribution in [3.63, 3.8) is 0 Å². The summed E-state index contributed by atoms with van der Waals surface area (Å²) in [6, 6.07) is 5.50. The van der Waals surface area contributed by atoms with Gasteiger partial charge in [0.1, 0.15) is 0 Å². The number of amides is 1. The van der Waals surface area contributed by atoms with E-state index in [-0.39, 0.29) is 23.8 Å². The highest BCUT2D eigenvalue weighted by Crippen LogP contribution is 2.52. The summed E-state index contributed by atoms with van der Waals surface area (Å²) in [6.07, 6.45) is 2.63. The molecule has 5 heteroatoms. The SMILES string of the molecule is CC(C)(O)C1CCCN1C(=O)C1CC1c1cccc(Cl)c1Cl. The molecule has 1 aromatic carbocycles. The van der Waals surface area contributed by atoms with Gasteiger partial charge in [-0.1, -0.05) is 35.3 Å². The highest BCUT2D eigenvalue weighted by molar-refractivity contribution is 6.42. The fraction of sp³-hybridized carbons (Fsp3) is 0.588. The van der Waals surface area contributed by atoms with Crippen molar-refractivity contribution in [2.24, 2.45) is 5.92 Å². The summed E-state index contributed by atoms with van der Waals surface area (Å²) < 4.78 is 0. The van der Waals surface area contributed by atoms with Crippen LogP contribution in [0.5, 0.6) is 0 Å². The number of hydrogen-bond donors (Lipinski definition) is 1. The lowest BCUT2D eigenvalue weighted by Crippen LogP contribution is -2.48. The summed E-state index contributed by atoms with van der Waals surface area (Å²) in [6.45, 7) is 4.29. The van der Waals surface area contributed by atoms with Gasteiger partial charge in [-0.15, -0.1) is 0 Å². The van der Waals surface area contributed by atoms with Crippen molar-refractivity contribution in [1.29, 1.82) is 0 Å². The second kappa shape index (κ2) is 5.70. The lowest BCUT2D eigenvalue weighted by atomic mass is 9.96. The summed E-state index contributed by atoms with van der Waals surface area (Å²) in [5, 5.41) is 11.4. The van der Waals surface area contributed by atoms with Crippen LogP contribution >= 0.6 is 23.2 Å². The standard InChI is InChI=1S/C17H21Cl2NO2/c1-17(2,22)14-7-4-8-20(14)16(21)12-9-11(12)10-5-3-6-13(18)15(10)19/h3,5-6,11-12,14,22H,4,7-9H2,1-2H3. The Hall–Kier alpha value is -0.770. The Kier molecular flexibility index (Phi) is 4.17. The molecule has 0 aromatic heterocycles. The Morgan fingerprint density at radius 3 is 2.77 bits per heavy atom. The van der Waals surface area contributed by atoms with Gasteiger partial charge < -0.3 is 10.0 Å². The number of carbonyl (C=O) groups is 1. The molecule has 3 nitrogen and oxygen atoms in total. The van der Waals surface area contributed by atoms with Crippen LogP contribution in [0.25, 0.3) is 0 Å². The van der Waals surface area contributed by atoms with E-state index in [1.807, 2.05) is 17.0 Å². The third-order valence-corrected chi connectivity index (χ3v) is 5.67. The van der Waals surface area contributed by atoms with Crippen LogP contribution in [0.4, 0.5) is 0 Å². The number of halogens is 2. The quantitative estimate of drug-likeness (QED) is 0.906. The van der Waals surface area contributed by atoms with Crippen molar-refractivity contribution in [3.8, 4) is 0 Å². The third-order valence-electron chi connectivity index (χ3n) is 4.84. The number of benzene rings is 1. The van der Waals surface area contributed by atoms with Crippen molar-refractivity contribution in [2.45, 2.75) is 50.7 Å². The molecule has 0 radical (unpaired) electrons. The largest absolute Gasteiger partial charge is 0.388 e. The highest BCUT2D eigenvalue weighted by atomic mass is 35.5. The van der Waals surface area contributed by atoms with Crippen LogP contribution in [0, 0.1) is 5.92 Å². The van der Waals surface area contributed by atoms with Crippen molar-refractivity contribution >= 4 is 29.1 Å². The molecule has 22 heavy (non-hydrogen) atoms. The Morgan fingerprint density at radius 2 is 2.09 bits per heavy atom. The second-order valence-electron chi connectivity index (χ2n) is 6.94. The fourth-order valence-electron chi connectivity index (χ4n) is 3.60. The van der Waals surface area contributed by atoms with Crippen LogP contribution in [0.1, 0.15) is 44.6 Å².